The molecule has 2 rings (SSSR count). The van der Waals surface area contributed by atoms with Gasteiger partial charge < -0.3 is 9.84 Å². The lowest BCUT2D eigenvalue weighted by Gasteiger charge is -2.24. The number of carbonyl (C=O) groups is 1. The van der Waals surface area contributed by atoms with Crippen LogP contribution in [0.4, 0.5) is 8.78 Å². The first kappa shape index (κ1) is 23.0. The number of rotatable bonds is 11. The van der Waals surface area contributed by atoms with Gasteiger partial charge in [-0.25, -0.2) is 8.78 Å². The van der Waals surface area contributed by atoms with Crippen molar-refractivity contribution in [3.8, 4) is 11.1 Å². The van der Waals surface area contributed by atoms with Gasteiger partial charge in [-0.1, -0.05) is 56.9 Å². The molecule has 29 heavy (non-hydrogen) atoms. The lowest BCUT2D eigenvalue weighted by atomic mass is 9.91. The van der Waals surface area contributed by atoms with E-state index in [1.54, 1.807) is 31.2 Å². The van der Waals surface area contributed by atoms with Crippen LogP contribution in [0.3, 0.4) is 0 Å². The first-order chi connectivity index (χ1) is 13.8. The second-order valence-corrected chi connectivity index (χ2v) is 7.61. The molecule has 1 unspecified atom stereocenters. The molecule has 3 nitrogen and oxygen atoms in total. The van der Waals surface area contributed by atoms with E-state index in [-0.39, 0.29) is 19.0 Å². The van der Waals surface area contributed by atoms with E-state index in [1.165, 1.54) is 25.0 Å². The molecule has 2 aromatic rings. The number of unbranched alkanes of at least 4 members (excludes halogenated alkanes) is 4. The Kier molecular flexibility index (Phi) is 8.77. The third kappa shape index (κ3) is 7.24. The Morgan fingerprint density at radius 3 is 2.38 bits per heavy atom. The van der Waals surface area contributed by atoms with Crippen LogP contribution in [0.15, 0.2) is 42.5 Å². The molecule has 0 radical (unpaired) electrons. The smallest absolute Gasteiger partial charge is 0.305 e. The van der Waals surface area contributed by atoms with Crippen molar-refractivity contribution in [3.63, 3.8) is 0 Å². The van der Waals surface area contributed by atoms with Crippen LogP contribution in [0, 0.1) is 11.6 Å². The van der Waals surface area contributed by atoms with E-state index in [9.17, 15) is 18.7 Å². The van der Waals surface area contributed by atoms with Crippen molar-refractivity contribution in [1.29, 1.82) is 0 Å². The summed E-state index contributed by atoms with van der Waals surface area (Å²) in [5, 5.41) is 10.7. The fraction of sp³-hybridized carbons (Fsp3) is 0.458. The molecule has 1 atom stereocenters. The minimum atomic E-state index is -1.18. The van der Waals surface area contributed by atoms with Crippen LogP contribution in [0.25, 0.3) is 11.1 Å². The van der Waals surface area contributed by atoms with E-state index in [4.69, 9.17) is 4.74 Å². The Labute approximate surface area is 171 Å². The maximum Gasteiger partial charge on any atom is 0.305 e. The molecule has 158 valence electrons. The second-order valence-electron chi connectivity index (χ2n) is 7.61. The zero-order valence-corrected chi connectivity index (χ0v) is 17.2. The van der Waals surface area contributed by atoms with Gasteiger partial charge >= 0.3 is 5.97 Å². The molecule has 0 spiro atoms. The van der Waals surface area contributed by atoms with Gasteiger partial charge in [0.05, 0.1) is 12.2 Å². The van der Waals surface area contributed by atoms with Crippen LogP contribution in [0.2, 0.25) is 0 Å². The molecule has 0 aromatic heterocycles. The Bertz CT molecular complexity index is 785. The highest BCUT2D eigenvalue weighted by Gasteiger charge is 2.23. The van der Waals surface area contributed by atoms with Gasteiger partial charge in [0.15, 0.2) is 0 Å². The summed E-state index contributed by atoms with van der Waals surface area (Å²) in [4.78, 5) is 11.8. The maximum absolute atomic E-state index is 13.9. The van der Waals surface area contributed by atoms with Crippen molar-refractivity contribution in [2.75, 3.05) is 6.61 Å². The van der Waals surface area contributed by atoms with Gasteiger partial charge in [-0.15, -0.1) is 0 Å². The summed E-state index contributed by atoms with van der Waals surface area (Å²) in [7, 11) is 0. The SMILES string of the molecule is CCCCCCCC(=O)OCCC(C)(O)c1ccc(-c2ccc(F)cc2F)cc1. The molecule has 0 bridgehead atoms. The second kappa shape index (κ2) is 11.1. The summed E-state index contributed by atoms with van der Waals surface area (Å²) in [6, 6.07) is 10.2. The third-order valence-electron chi connectivity index (χ3n) is 5.09. The van der Waals surface area contributed by atoms with Crippen LogP contribution in [0.5, 0.6) is 0 Å². The summed E-state index contributed by atoms with van der Waals surface area (Å²) in [5.74, 6) is -1.49. The quantitative estimate of drug-likeness (QED) is 0.362. The maximum atomic E-state index is 13.9. The highest BCUT2D eigenvalue weighted by atomic mass is 19.1. The Morgan fingerprint density at radius 1 is 1.03 bits per heavy atom. The van der Waals surface area contributed by atoms with E-state index >= 15 is 0 Å². The van der Waals surface area contributed by atoms with Crippen LogP contribution in [0.1, 0.15) is 64.4 Å². The van der Waals surface area contributed by atoms with Crippen LogP contribution in [-0.2, 0) is 15.1 Å². The van der Waals surface area contributed by atoms with E-state index in [1.807, 2.05) is 0 Å². The van der Waals surface area contributed by atoms with Crippen LogP contribution < -0.4 is 0 Å². The monoisotopic (exact) mass is 404 g/mol. The number of ether oxygens (including phenoxy) is 1. The topological polar surface area (TPSA) is 46.5 Å². The molecule has 0 aliphatic carbocycles. The molecule has 1 N–H and O–H groups in total. The minimum absolute atomic E-state index is 0.134. The van der Waals surface area contributed by atoms with E-state index < -0.39 is 17.2 Å². The highest BCUT2D eigenvalue weighted by molar-refractivity contribution is 5.69. The molecular formula is C24H30F2O3. The summed E-state index contributed by atoms with van der Waals surface area (Å²) in [6.07, 6.45) is 6.01. The predicted molar refractivity (Wildman–Crippen MR) is 110 cm³/mol. The zero-order chi connectivity index (χ0) is 21.3. The fourth-order valence-electron chi connectivity index (χ4n) is 3.19. The van der Waals surface area contributed by atoms with Gasteiger partial charge in [0.2, 0.25) is 0 Å². The number of carbonyl (C=O) groups excluding carboxylic acids is 1. The molecule has 0 aliphatic heterocycles. The standard InChI is InChI=1S/C24H30F2O3/c1-3-4-5-6-7-8-23(27)29-16-15-24(2,28)19-11-9-18(10-12-19)21-14-13-20(25)17-22(21)26/h9-14,17,28H,3-8,15-16H2,1-2H3. The van der Waals surface area contributed by atoms with Crippen LogP contribution in [-0.4, -0.2) is 17.7 Å². The lowest BCUT2D eigenvalue weighted by molar-refractivity contribution is -0.145. The number of hydrogen-bond acceptors (Lipinski definition) is 3. The highest BCUT2D eigenvalue weighted by Crippen LogP contribution is 2.29. The van der Waals surface area contributed by atoms with Crippen molar-refractivity contribution < 1.29 is 23.4 Å². The fourth-order valence-corrected chi connectivity index (χ4v) is 3.19. The van der Waals surface area contributed by atoms with E-state index in [2.05, 4.69) is 6.92 Å². The molecule has 0 amide bonds. The third-order valence-corrected chi connectivity index (χ3v) is 5.09. The van der Waals surface area contributed by atoms with Gasteiger partial charge in [0.1, 0.15) is 11.6 Å². The van der Waals surface area contributed by atoms with Gasteiger partial charge in [-0.05, 0) is 36.6 Å². The summed E-state index contributed by atoms with van der Waals surface area (Å²) in [5.41, 5.74) is 0.350. The normalized spacial score (nSPS) is 13.1. The molecule has 2 aromatic carbocycles. The summed E-state index contributed by atoms with van der Waals surface area (Å²) in [6.45, 7) is 3.93. The Hall–Kier alpha value is -2.27. The van der Waals surface area contributed by atoms with Crippen molar-refractivity contribution in [2.24, 2.45) is 0 Å². The van der Waals surface area contributed by atoms with E-state index in [0.717, 1.165) is 25.3 Å². The molecule has 0 aliphatic rings. The van der Waals surface area contributed by atoms with Gasteiger partial charge in [-0.3, -0.25) is 4.79 Å². The average molecular weight is 404 g/mol. The van der Waals surface area contributed by atoms with E-state index in [0.29, 0.717) is 23.1 Å². The Balaban J connectivity index is 1.85. The molecule has 5 heteroatoms. The van der Waals surface area contributed by atoms with Crippen molar-refractivity contribution >= 4 is 5.97 Å². The number of esters is 1. The molecule has 0 saturated heterocycles. The van der Waals surface area contributed by atoms with Gasteiger partial charge in [0, 0.05) is 24.5 Å². The number of aliphatic hydroxyl groups is 1. The van der Waals surface area contributed by atoms with Crippen LogP contribution >= 0.6 is 0 Å². The first-order valence-corrected chi connectivity index (χ1v) is 10.3. The molecular weight excluding hydrogens is 374 g/mol. The predicted octanol–water partition coefficient (Wildman–Crippen LogP) is 6.13. The van der Waals surface area contributed by atoms with Crippen molar-refractivity contribution in [2.45, 2.75) is 64.4 Å². The zero-order valence-electron chi connectivity index (χ0n) is 17.2. The number of benzene rings is 2. The van der Waals surface area contributed by atoms with Crippen molar-refractivity contribution in [1.82, 2.24) is 0 Å². The lowest BCUT2D eigenvalue weighted by Crippen LogP contribution is -2.24. The average Bonchev–Trinajstić information content (AvgIpc) is 2.68. The van der Waals surface area contributed by atoms with Gasteiger partial charge in [-0.2, -0.15) is 0 Å². The summed E-state index contributed by atoms with van der Waals surface area (Å²) >= 11 is 0. The first-order valence-electron chi connectivity index (χ1n) is 10.3. The largest absolute Gasteiger partial charge is 0.466 e. The molecule has 0 heterocycles. The Morgan fingerprint density at radius 2 is 1.72 bits per heavy atom. The number of hydrogen-bond donors (Lipinski definition) is 1. The minimum Gasteiger partial charge on any atom is -0.466 e. The van der Waals surface area contributed by atoms with Gasteiger partial charge in [0.25, 0.3) is 0 Å². The molecule has 0 saturated carbocycles. The number of halogens is 2. The molecule has 0 fully saturated rings. The summed E-state index contributed by atoms with van der Waals surface area (Å²) < 4.78 is 32.2. The van der Waals surface area contributed by atoms with Crippen molar-refractivity contribution in [3.05, 3.63) is 59.7 Å².